The lowest BCUT2D eigenvalue weighted by atomic mass is 9.83. The molecule has 0 aromatic carbocycles. The van der Waals surface area contributed by atoms with E-state index >= 15 is 4.39 Å². The zero-order valence-electron chi connectivity index (χ0n) is 26.0. The highest BCUT2D eigenvalue weighted by Gasteiger charge is 2.44. The normalized spacial score (nSPS) is 36.3. The highest BCUT2D eigenvalue weighted by Crippen LogP contribution is 2.35. The second kappa shape index (κ2) is 16.4. The molecule has 4 heterocycles. The third kappa shape index (κ3) is 9.02. The smallest absolute Gasteiger partial charge is 0.223 e. The zero-order chi connectivity index (χ0) is 31.2. The largest absolute Gasteiger partial charge is 0.394 e. The Hall–Kier alpha value is -0.670. The molecule has 0 bridgehead atoms. The van der Waals surface area contributed by atoms with Gasteiger partial charge in [-0.2, -0.15) is 0 Å². The summed E-state index contributed by atoms with van der Waals surface area (Å²) in [7, 11) is 0. The molecule has 1 amide bonds. The number of likely N-dealkylation sites (tertiary alicyclic amines) is 3. The van der Waals surface area contributed by atoms with Gasteiger partial charge in [-0.3, -0.25) is 25.2 Å². The quantitative estimate of drug-likeness (QED) is 0.120. The van der Waals surface area contributed by atoms with E-state index in [0.717, 1.165) is 58.4 Å². The lowest BCUT2D eigenvalue weighted by Crippen LogP contribution is -2.62. The van der Waals surface area contributed by atoms with Crippen LogP contribution in [0.3, 0.4) is 0 Å². The standard InChI is InChI=1S/C31H55ClFN5O6/c32-23-14-34-31(35-15-23)36-8-5-20(6-9-36)2-1-11-44-24-4-3-21(25(33)13-24)12-29(42)38-16-22-7-10-37(26(22)17-38)18-27(40)30(43)28(41)19-39/h20-28,30-31,34-35,39-41,43H,1-19H2/t21?,22-,23?,24?,25?,26+,27-,28+,30-,31?/m0/s1. The number of β-amino-alcohol motifs (C(OH)–C–C–N with tert-alkyl or cyclic N) is 1. The summed E-state index contributed by atoms with van der Waals surface area (Å²) in [5.41, 5.74) is 0. The number of fused-ring (bicyclic) bond motifs is 1. The second-order valence-corrected chi connectivity index (χ2v) is 14.6. The van der Waals surface area contributed by atoms with E-state index in [4.69, 9.17) is 21.4 Å². The van der Waals surface area contributed by atoms with Crippen LogP contribution in [0, 0.1) is 17.8 Å². The zero-order valence-corrected chi connectivity index (χ0v) is 26.7. The Bertz CT molecular complexity index is 898. The molecule has 44 heavy (non-hydrogen) atoms. The Morgan fingerprint density at radius 2 is 1.75 bits per heavy atom. The first-order valence-electron chi connectivity index (χ1n) is 17.0. The summed E-state index contributed by atoms with van der Waals surface area (Å²) in [5, 5.41) is 46.1. The van der Waals surface area contributed by atoms with Gasteiger partial charge in [0, 0.05) is 71.3 Å². The fourth-order valence-corrected chi connectivity index (χ4v) is 8.25. The number of hydrogen-bond donors (Lipinski definition) is 6. The Kier molecular flexibility index (Phi) is 12.9. The molecule has 11 nitrogen and oxygen atoms in total. The highest BCUT2D eigenvalue weighted by molar-refractivity contribution is 6.21. The van der Waals surface area contributed by atoms with E-state index in [1.165, 1.54) is 12.8 Å². The van der Waals surface area contributed by atoms with Crippen molar-refractivity contribution in [3.8, 4) is 0 Å². The maximum Gasteiger partial charge on any atom is 0.223 e. The molecule has 1 aliphatic carbocycles. The molecule has 0 aromatic rings. The maximum atomic E-state index is 15.2. The molecule has 6 N–H and O–H groups in total. The van der Waals surface area contributed by atoms with Crippen LogP contribution in [-0.4, -0.2) is 155 Å². The SMILES string of the molecule is O=C(CC1CCC(OCCCC2CCN(C3NCC(Cl)CN3)CC2)CC1F)N1C[C@@H]2CCN(C[C@H](O)[C@H](O)[C@H](O)CO)[C@@H]2C1. The molecule has 5 rings (SSSR count). The molecule has 1 saturated carbocycles. The molecule has 0 radical (unpaired) electrons. The molecular weight excluding hydrogens is 593 g/mol. The summed E-state index contributed by atoms with van der Waals surface area (Å²) in [6.45, 7) is 5.97. The summed E-state index contributed by atoms with van der Waals surface area (Å²) in [6.07, 6.45) is 2.55. The van der Waals surface area contributed by atoms with Crippen LogP contribution in [0.1, 0.15) is 57.8 Å². The first kappa shape index (κ1) is 34.7. The highest BCUT2D eigenvalue weighted by atomic mass is 35.5. The van der Waals surface area contributed by atoms with Gasteiger partial charge in [0.05, 0.1) is 24.2 Å². The van der Waals surface area contributed by atoms with Gasteiger partial charge < -0.3 is 30.1 Å². The molecule has 0 spiro atoms. The fraction of sp³-hybridized carbons (Fsp3) is 0.968. The van der Waals surface area contributed by atoms with Crippen molar-refractivity contribution in [2.24, 2.45) is 17.8 Å². The van der Waals surface area contributed by atoms with E-state index in [0.29, 0.717) is 38.5 Å². The van der Waals surface area contributed by atoms with Gasteiger partial charge in [0.1, 0.15) is 24.7 Å². The van der Waals surface area contributed by atoms with Gasteiger partial charge in [-0.05, 0) is 69.2 Å². The number of hydrogen-bond acceptors (Lipinski definition) is 10. The minimum absolute atomic E-state index is 0.00741. The van der Waals surface area contributed by atoms with Gasteiger partial charge in [-0.15, -0.1) is 11.6 Å². The van der Waals surface area contributed by atoms with Gasteiger partial charge in [0.2, 0.25) is 5.91 Å². The monoisotopic (exact) mass is 647 g/mol. The van der Waals surface area contributed by atoms with Crippen molar-refractivity contribution >= 4 is 17.5 Å². The molecule has 5 aliphatic rings. The number of carbonyl (C=O) groups excluding carboxylic acids is 1. The number of aliphatic hydroxyl groups is 4. The molecular formula is C31H55ClFN5O6. The van der Waals surface area contributed by atoms with Crippen molar-refractivity contribution in [2.45, 2.75) is 106 Å². The minimum Gasteiger partial charge on any atom is -0.394 e. The maximum absolute atomic E-state index is 15.2. The van der Waals surface area contributed by atoms with Crippen molar-refractivity contribution in [1.82, 2.24) is 25.3 Å². The van der Waals surface area contributed by atoms with E-state index in [-0.39, 0.29) is 54.5 Å². The minimum atomic E-state index is -1.43. The molecule has 8 atom stereocenters. The number of amides is 1. The van der Waals surface area contributed by atoms with E-state index < -0.39 is 31.1 Å². The van der Waals surface area contributed by atoms with Crippen LogP contribution in [0.2, 0.25) is 0 Å². The number of piperidine rings is 1. The summed E-state index contributed by atoms with van der Waals surface area (Å²) >= 11 is 6.16. The van der Waals surface area contributed by atoms with E-state index in [1.54, 1.807) is 0 Å². The van der Waals surface area contributed by atoms with Gasteiger partial charge in [-0.1, -0.05) is 0 Å². The third-order valence-electron chi connectivity index (χ3n) is 10.9. The topological polar surface area (TPSA) is 141 Å². The number of aliphatic hydroxyl groups excluding tert-OH is 4. The average molecular weight is 648 g/mol. The summed E-state index contributed by atoms with van der Waals surface area (Å²) in [4.78, 5) is 19.5. The first-order valence-corrected chi connectivity index (χ1v) is 17.4. The molecule has 0 aromatic heterocycles. The predicted octanol–water partition coefficient (Wildman–Crippen LogP) is 0.0836. The van der Waals surface area contributed by atoms with Gasteiger partial charge >= 0.3 is 0 Å². The number of rotatable bonds is 13. The lowest BCUT2D eigenvalue weighted by molar-refractivity contribution is -0.133. The van der Waals surface area contributed by atoms with Crippen LogP contribution >= 0.6 is 11.6 Å². The van der Waals surface area contributed by atoms with E-state index in [9.17, 15) is 20.1 Å². The second-order valence-electron chi connectivity index (χ2n) is 13.9. The van der Waals surface area contributed by atoms with Crippen molar-refractivity contribution in [3.05, 3.63) is 0 Å². The molecule has 13 heteroatoms. The summed E-state index contributed by atoms with van der Waals surface area (Å²) in [6, 6.07) is 0.0787. The Balaban J connectivity index is 0.945. The number of nitrogens with zero attached hydrogens (tertiary/aromatic N) is 3. The number of nitrogens with one attached hydrogen (secondary N) is 2. The van der Waals surface area contributed by atoms with Crippen molar-refractivity contribution in [3.63, 3.8) is 0 Å². The Morgan fingerprint density at radius 1 is 1.00 bits per heavy atom. The van der Waals surface area contributed by atoms with Gasteiger partial charge in [0.25, 0.3) is 0 Å². The van der Waals surface area contributed by atoms with Gasteiger partial charge in [-0.25, -0.2) is 4.39 Å². The van der Waals surface area contributed by atoms with Crippen LogP contribution < -0.4 is 10.6 Å². The van der Waals surface area contributed by atoms with Crippen LogP contribution in [0.4, 0.5) is 4.39 Å². The van der Waals surface area contributed by atoms with Crippen LogP contribution in [0.15, 0.2) is 0 Å². The fourth-order valence-electron chi connectivity index (χ4n) is 8.07. The summed E-state index contributed by atoms with van der Waals surface area (Å²) in [5.74, 6) is 0.716. The molecule has 3 unspecified atom stereocenters. The molecule has 5 fully saturated rings. The number of carbonyl (C=O) groups is 1. The van der Waals surface area contributed by atoms with Gasteiger partial charge in [0.15, 0.2) is 0 Å². The number of ether oxygens (including phenoxy) is 1. The van der Waals surface area contributed by atoms with Crippen LogP contribution in [0.25, 0.3) is 0 Å². The molecule has 4 saturated heterocycles. The van der Waals surface area contributed by atoms with Crippen LogP contribution in [-0.2, 0) is 9.53 Å². The third-order valence-corrected chi connectivity index (χ3v) is 11.2. The Morgan fingerprint density at radius 3 is 2.45 bits per heavy atom. The lowest BCUT2D eigenvalue weighted by Gasteiger charge is -2.41. The average Bonchev–Trinajstić information content (AvgIpc) is 3.62. The van der Waals surface area contributed by atoms with Crippen LogP contribution in [0.5, 0.6) is 0 Å². The number of alkyl halides is 2. The summed E-state index contributed by atoms with van der Waals surface area (Å²) < 4.78 is 21.3. The molecule has 4 aliphatic heterocycles. The first-order chi connectivity index (χ1) is 21.2. The van der Waals surface area contributed by atoms with E-state index in [2.05, 4.69) is 20.4 Å². The van der Waals surface area contributed by atoms with Crippen molar-refractivity contribution in [1.29, 1.82) is 0 Å². The van der Waals surface area contributed by atoms with Crippen molar-refractivity contribution < 1.29 is 34.3 Å². The predicted molar refractivity (Wildman–Crippen MR) is 165 cm³/mol. The molecule has 254 valence electrons. The number of halogens is 2. The van der Waals surface area contributed by atoms with E-state index in [1.807, 2.05) is 4.90 Å². The van der Waals surface area contributed by atoms with Crippen molar-refractivity contribution in [2.75, 3.05) is 65.6 Å². The Labute approximate surface area is 266 Å².